The summed E-state index contributed by atoms with van der Waals surface area (Å²) < 4.78 is 34.4. The Bertz CT molecular complexity index is 918. The molecular weight excluding hydrogens is 428 g/mol. The Kier molecular flexibility index (Phi) is 6.47. The smallest absolute Gasteiger partial charge is 0.407 e. The van der Waals surface area contributed by atoms with Crippen LogP contribution in [0.3, 0.4) is 0 Å². The first-order valence-electron chi connectivity index (χ1n) is 7.81. The van der Waals surface area contributed by atoms with Crippen LogP contribution < -0.4 is 11.0 Å². The molecular formula is C16H18BrF2N5O3. The first-order valence-corrected chi connectivity index (χ1v) is 8.61. The Morgan fingerprint density at radius 3 is 2.74 bits per heavy atom. The number of carbonyl (C=O) groups is 1. The quantitative estimate of drug-likeness (QED) is 0.763. The fourth-order valence-electron chi connectivity index (χ4n) is 2.00. The van der Waals surface area contributed by atoms with Gasteiger partial charge in [-0.2, -0.15) is 5.10 Å². The highest BCUT2D eigenvalue weighted by Gasteiger charge is 2.17. The summed E-state index contributed by atoms with van der Waals surface area (Å²) in [7, 11) is 0. The third kappa shape index (κ3) is 5.71. The van der Waals surface area contributed by atoms with Gasteiger partial charge in [-0.15, -0.1) is 0 Å². The highest BCUT2D eigenvalue weighted by molar-refractivity contribution is 9.10. The van der Waals surface area contributed by atoms with Crippen LogP contribution in [0.25, 0.3) is 5.82 Å². The lowest BCUT2D eigenvalue weighted by molar-refractivity contribution is 0.0532. The average Bonchev–Trinajstić information content (AvgIpc) is 2.90. The van der Waals surface area contributed by atoms with E-state index in [0.717, 1.165) is 21.6 Å². The van der Waals surface area contributed by atoms with Gasteiger partial charge >= 0.3 is 11.8 Å². The van der Waals surface area contributed by atoms with E-state index in [9.17, 15) is 18.4 Å². The maximum Gasteiger partial charge on any atom is 0.407 e. The number of aromatic nitrogens is 4. The van der Waals surface area contributed by atoms with Crippen LogP contribution in [0.4, 0.5) is 13.6 Å². The van der Waals surface area contributed by atoms with Crippen molar-refractivity contribution >= 4 is 22.0 Å². The Balaban J connectivity index is 2.10. The molecule has 8 nitrogen and oxygen atoms in total. The molecule has 0 aliphatic heterocycles. The number of nitrogens with one attached hydrogen (secondary N) is 1. The highest BCUT2D eigenvalue weighted by atomic mass is 79.9. The van der Waals surface area contributed by atoms with E-state index in [2.05, 4.69) is 31.3 Å². The Morgan fingerprint density at radius 2 is 2.15 bits per heavy atom. The second-order valence-corrected chi connectivity index (χ2v) is 7.44. The SMILES string of the molecule is CC(C)(C)OC(=O)NC/C(=C/F)Cn1ncn(-c2ncc(Br)cc2F)c1=O. The molecule has 2 heterocycles. The lowest BCUT2D eigenvalue weighted by Crippen LogP contribution is -2.34. The first kappa shape index (κ1) is 20.7. The Morgan fingerprint density at radius 1 is 1.44 bits per heavy atom. The van der Waals surface area contributed by atoms with Crippen molar-refractivity contribution in [3.8, 4) is 5.82 Å². The van der Waals surface area contributed by atoms with E-state index in [4.69, 9.17) is 4.74 Å². The minimum Gasteiger partial charge on any atom is -0.444 e. The number of amides is 1. The van der Waals surface area contributed by atoms with Gasteiger partial charge in [-0.25, -0.2) is 32.6 Å². The van der Waals surface area contributed by atoms with E-state index in [0.29, 0.717) is 4.47 Å². The van der Waals surface area contributed by atoms with Crippen LogP contribution >= 0.6 is 15.9 Å². The molecule has 146 valence electrons. The molecule has 0 spiro atoms. The molecule has 2 rings (SSSR count). The molecule has 0 unspecified atom stereocenters. The standard InChI is InChI=1S/C16H18BrF2N5O3/c1-16(2,3)27-14(25)21-6-10(5-18)8-24-15(26)23(9-22-24)13-12(19)4-11(17)7-20-13/h4-5,7,9H,6,8H2,1-3H3,(H,21,25)/b10-5-. The van der Waals surface area contributed by atoms with Gasteiger partial charge in [0.1, 0.15) is 11.9 Å². The van der Waals surface area contributed by atoms with Crippen molar-refractivity contribution in [3.05, 3.63) is 51.3 Å². The van der Waals surface area contributed by atoms with Gasteiger partial charge in [0.2, 0.25) is 0 Å². The monoisotopic (exact) mass is 445 g/mol. The maximum atomic E-state index is 14.0. The summed E-state index contributed by atoms with van der Waals surface area (Å²) in [6.45, 7) is 4.66. The first-order chi connectivity index (χ1) is 12.6. The largest absolute Gasteiger partial charge is 0.444 e. The fourth-order valence-corrected chi connectivity index (χ4v) is 2.30. The normalized spacial score (nSPS) is 12.1. The van der Waals surface area contributed by atoms with Crippen molar-refractivity contribution in [1.82, 2.24) is 24.6 Å². The number of alkyl carbamates (subject to hydrolysis) is 1. The van der Waals surface area contributed by atoms with Gasteiger partial charge in [0, 0.05) is 17.2 Å². The summed E-state index contributed by atoms with van der Waals surface area (Å²) in [6, 6.07) is 1.16. The number of hydrogen-bond donors (Lipinski definition) is 1. The second kappa shape index (κ2) is 8.42. The molecule has 0 radical (unpaired) electrons. The molecule has 0 saturated heterocycles. The van der Waals surface area contributed by atoms with E-state index >= 15 is 0 Å². The summed E-state index contributed by atoms with van der Waals surface area (Å²) >= 11 is 3.08. The third-order valence-electron chi connectivity index (χ3n) is 3.12. The highest BCUT2D eigenvalue weighted by Crippen LogP contribution is 2.14. The molecule has 1 amide bonds. The van der Waals surface area contributed by atoms with Crippen LogP contribution in [0.5, 0.6) is 0 Å². The summed E-state index contributed by atoms with van der Waals surface area (Å²) in [6.07, 6.45) is 1.96. The van der Waals surface area contributed by atoms with E-state index in [1.165, 1.54) is 6.20 Å². The number of rotatable bonds is 5. The summed E-state index contributed by atoms with van der Waals surface area (Å²) in [5.74, 6) is -0.953. The van der Waals surface area contributed by atoms with Crippen molar-refractivity contribution in [1.29, 1.82) is 0 Å². The minimum absolute atomic E-state index is 0.0671. The Labute approximate surface area is 162 Å². The molecule has 2 aromatic rings. The van der Waals surface area contributed by atoms with Crippen LogP contribution in [0, 0.1) is 5.82 Å². The number of ether oxygens (including phenoxy) is 1. The van der Waals surface area contributed by atoms with Crippen LogP contribution in [0.1, 0.15) is 20.8 Å². The lowest BCUT2D eigenvalue weighted by Gasteiger charge is -2.19. The Hall–Kier alpha value is -2.56. The number of hydrogen-bond acceptors (Lipinski definition) is 5. The van der Waals surface area contributed by atoms with Crippen molar-refractivity contribution in [3.63, 3.8) is 0 Å². The fraction of sp³-hybridized carbons (Fsp3) is 0.375. The zero-order valence-electron chi connectivity index (χ0n) is 14.9. The number of nitrogens with zero attached hydrogens (tertiary/aromatic N) is 4. The second-order valence-electron chi connectivity index (χ2n) is 6.52. The molecule has 0 bridgehead atoms. The molecule has 0 aliphatic rings. The van der Waals surface area contributed by atoms with Crippen molar-refractivity contribution in [2.75, 3.05) is 6.54 Å². The molecule has 1 N–H and O–H groups in total. The predicted octanol–water partition coefficient (Wildman–Crippen LogP) is 2.71. The van der Waals surface area contributed by atoms with Crippen LogP contribution in [0.2, 0.25) is 0 Å². The molecule has 27 heavy (non-hydrogen) atoms. The predicted molar refractivity (Wildman–Crippen MR) is 96.7 cm³/mol. The zero-order valence-corrected chi connectivity index (χ0v) is 16.5. The number of carbonyl (C=O) groups excluding carboxylic acids is 1. The third-order valence-corrected chi connectivity index (χ3v) is 3.55. The van der Waals surface area contributed by atoms with Gasteiger partial charge in [0.25, 0.3) is 0 Å². The summed E-state index contributed by atoms with van der Waals surface area (Å²) in [5, 5.41) is 6.21. The molecule has 2 aromatic heterocycles. The summed E-state index contributed by atoms with van der Waals surface area (Å²) in [5.41, 5.74) is -1.33. The van der Waals surface area contributed by atoms with Crippen LogP contribution in [0.15, 0.2) is 39.8 Å². The topological polar surface area (TPSA) is 91.0 Å². The summed E-state index contributed by atoms with van der Waals surface area (Å²) in [4.78, 5) is 27.8. The van der Waals surface area contributed by atoms with E-state index in [1.54, 1.807) is 20.8 Å². The van der Waals surface area contributed by atoms with Crippen molar-refractivity contribution in [2.24, 2.45) is 0 Å². The van der Waals surface area contributed by atoms with Gasteiger partial charge in [0.05, 0.1) is 12.9 Å². The van der Waals surface area contributed by atoms with Crippen molar-refractivity contribution < 1.29 is 18.3 Å². The molecule has 0 aromatic carbocycles. The van der Waals surface area contributed by atoms with Gasteiger partial charge in [-0.05, 0) is 48.3 Å². The van der Waals surface area contributed by atoms with E-state index in [1.807, 2.05) is 0 Å². The van der Waals surface area contributed by atoms with Crippen LogP contribution in [-0.4, -0.2) is 37.6 Å². The van der Waals surface area contributed by atoms with Gasteiger partial charge in [-0.3, -0.25) is 0 Å². The molecule has 0 fully saturated rings. The van der Waals surface area contributed by atoms with E-state index < -0.39 is 23.2 Å². The van der Waals surface area contributed by atoms with Gasteiger partial charge in [-0.1, -0.05) is 0 Å². The minimum atomic E-state index is -0.723. The molecule has 0 aliphatic carbocycles. The lowest BCUT2D eigenvalue weighted by atomic mass is 10.2. The van der Waals surface area contributed by atoms with Crippen molar-refractivity contribution in [2.45, 2.75) is 32.9 Å². The molecule has 0 atom stereocenters. The van der Waals surface area contributed by atoms with Gasteiger partial charge < -0.3 is 10.1 Å². The number of pyridine rings is 1. The molecule has 11 heteroatoms. The van der Waals surface area contributed by atoms with Gasteiger partial charge in [0.15, 0.2) is 11.6 Å². The maximum absolute atomic E-state index is 14.0. The zero-order chi connectivity index (χ0) is 20.2. The van der Waals surface area contributed by atoms with Crippen LogP contribution in [-0.2, 0) is 11.3 Å². The number of halogens is 3. The average molecular weight is 446 g/mol. The van der Waals surface area contributed by atoms with E-state index in [-0.39, 0.29) is 30.8 Å². The molecule has 0 saturated carbocycles.